The molecule has 0 saturated heterocycles. The van der Waals surface area contributed by atoms with Crippen LogP contribution in [0.2, 0.25) is 0 Å². The van der Waals surface area contributed by atoms with E-state index in [1.165, 1.54) is 10.9 Å². The van der Waals surface area contributed by atoms with Crippen LogP contribution < -0.4 is 15.8 Å². The van der Waals surface area contributed by atoms with Gasteiger partial charge in [-0.15, -0.1) is 35.3 Å². The van der Waals surface area contributed by atoms with Crippen molar-refractivity contribution in [1.29, 1.82) is 0 Å². The third-order valence-corrected chi connectivity index (χ3v) is 5.37. The van der Waals surface area contributed by atoms with Gasteiger partial charge in [-0.2, -0.15) is 0 Å². The predicted octanol–water partition coefficient (Wildman–Crippen LogP) is 1.89. The van der Waals surface area contributed by atoms with Crippen molar-refractivity contribution in [3.05, 3.63) is 45.4 Å². The van der Waals surface area contributed by atoms with Crippen LogP contribution in [0.3, 0.4) is 0 Å². The summed E-state index contributed by atoms with van der Waals surface area (Å²) in [5.41, 5.74) is 1.84. The Morgan fingerprint density at radius 2 is 1.96 bits per heavy atom. The number of aryl methyl sites for hydroxylation is 2. The normalized spacial score (nSPS) is 11.8. The SMILES string of the molecule is CN=C(NCc1cccc(S(N)(=O)=O)c1)NCc1nc(C)c(C)s1.I. The molecule has 0 aliphatic rings. The number of aromatic nitrogens is 1. The van der Waals surface area contributed by atoms with E-state index in [1.54, 1.807) is 30.5 Å². The van der Waals surface area contributed by atoms with E-state index in [0.717, 1.165) is 16.3 Å². The number of nitrogens with one attached hydrogen (secondary N) is 2. The second-order valence-corrected chi connectivity index (χ2v) is 8.07. The molecule has 1 heterocycles. The van der Waals surface area contributed by atoms with Crippen molar-refractivity contribution in [2.45, 2.75) is 31.8 Å². The number of benzene rings is 1. The summed E-state index contributed by atoms with van der Waals surface area (Å²) < 4.78 is 22.8. The van der Waals surface area contributed by atoms with Crippen LogP contribution in [0.5, 0.6) is 0 Å². The van der Waals surface area contributed by atoms with Crippen LogP contribution in [0.4, 0.5) is 0 Å². The Bertz CT molecular complexity index is 830. The third kappa shape index (κ3) is 6.53. The number of aliphatic imine (C=N–C) groups is 1. The molecule has 10 heteroatoms. The van der Waals surface area contributed by atoms with Crippen molar-refractivity contribution in [3.8, 4) is 0 Å². The lowest BCUT2D eigenvalue weighted by molar-refractivity contribution is 0.597. The minimum absolute atomic E-state index is 0. The molecule has 0 fully saturated rings. The number of rotatable bonds is 5. The van der Waals surface area contributed by atoms with Gasteiger partial charge in [0.2, 0.25) is 10.0 Å². The van der Waals surface area contributed by atoms with Crippen molar-refractivity contribution in [3.63, 3.8) is 0 Å². The highest BCUT2D eigenvalue weighted by molar-refractivity contribution is 14.0. The van der Waals surface area contributed by atoms with Gasteiger partial charge < -0.3 is 10.6 Å². The van der Waals surface area contributed by atoms with Crippen molar-refractivity contribution in [2.24, 2.45) is 10.1 Å². The van der Waals surface area contributed by atoms with E-state index >= 15 is 0 Å². The fourth-order valence-electron chi connectivity index (χ4n) is 2.01. The Labute approximate surface area is 169 Å². The van der Waals surface area contributed by atoms with Gasteiger partial charge in [-0.3, -0.25) is 4.99 Å². The molecule has 0 bridgehead atoms. The fraction of sp³-hybridized carbons (Fsp3) is 0.333. The molecular weight excluding hydrogens is 473 g/mol. The van der Waals surface area contributed by atoms with Crippen molar-refractivity contribution >= 4 is 51.3 Å². The molecule has 138 valence electrons. The van der Waals surface area contributed by atoms with E-state index < -0.39 is 10.0 Å². The molecule has 0 unspecified atom stereocenters. The van der Waals surface area contributed by atoms with Crippen LogP contribution >= 0.6 is 35.3 Å². The highest BCUT2D eigenvalue weighted by Crippen LogP contribution is 2.15. The number of guanidine groups is 1. The van der Waals surface area contributed by atoms with Gasteiger partial charge in [-0.05, 0) is 31.5 Å². The minimum atomic E-state index is -3.70. The summed E-state index contributed by atoms with van der Waals surface area (Å²) in [5, 5.41) is 12.5. The van der Waals surface area contributed by atoms with Gasteiger partial charge in [0, 0.05) is 18.5 Å². The van der Waals surface area contributed by atoms with Crippen LogP contribution in [0, 0.1) is 13.8 Å². The highest BCUT2D eigenvalue weighted by Gasteiger charge is 2.08. The summed E-state index contributed by atoms with van der Waals surface area (Å²) in [6.45, 7) is 5.04. The number of hydrogen-bond acceptors (Lipinski definition) is 5. The number of thiazole rings is 1. The molecule has 4 N–H and O–H groups in total. The van der Waals surface area contributed by atoms with E-state index in [1.807, 2.05) is 19.9 Å². The van der Waals surface area contributed by atoms with Crippen LogP contribution in [-0.2, 0) is 23.1 Å². The summed E-state index contributed by atoms with van der Waals surface area (Å²) in [4.78, 5) is 9.91. The number of primary sulfonamides is 1. The van der Waals surface area contributed by atoms with Gasteiger partial charge in [-0.25, -0.2) is 18.5 Å². The van der Waals surface area contributed by atoms with Crippen LogP contribution in [0.25, 0.3) is 0 Å². The second kappa shape index (κ2) is 9.46. The first-order valence-corrected chi connectivity index (χ1v) is 9.65. The Morgan fingerprint density at radius 3 is 2.52 bits per heavy atom. The second-order valence-electron chi connectivity index (χ2n) is 5.22. The first kappa shape index (κ1) is 21.8. The minimum Gasteiger partial charge on any atom is -0.352 e. The third-order valence-electron chi connectivity index (χ3n) is 3.39. The highest BCUT2D eigenvalue weighted by atomic mass is 127. The van der Waals surface area contributed by atoms with E-state index in [4.69, 9.17) is 5.14 Å². The molecule has 0 aliphatic carbocycles. The van der Waals surface area contributed by atoms with Gasteiger partial charge in [0.15, 0.2) is 5.96 Å². The molecule has 0 saturated carbocycles. The summed E-state index contributed by atoms with van der Waals surface area (Å²) in [5.74, 6) is 0.613. The Balaban J connectivity index is 0.00000312. The monoisotopic (exact) mass is 495 g/mol. The van der Waals surface area contributed by atoms with Crippen LogP contribution in [0.1, 0.15) is 21.1 Å². The molecular formula is C15H22IN5O2S2. The standard InChI is InChI=1S/C15H21N5O2S2.HI/c1-10-11(2)23-14(20-10)9-19-15(17-3)18-8-12-5-4-6-13(7-12)24(16,21)22;/h4-7H,8-9H2,1-3H3,(H2,16,21,22)(H2,17,18,19);1H. The van der Waals surface area contributed by atoms with Crippen molar-refractivity contribution in [1.82, 2.24) is 15.6 Å². The zero-order valence-corrected chi connectivity index (χ0v) is 18.2. The Kier molecular flexibility index (Phi) is 8.25. The summed E-state index contributed by atoms with van der Waals surface area (Å²) in [7, 11) is -2.02. The number of sulfonamides is 1. The van der Waals surface area contributed by atoms with E-state index in [9.17, 15) is 8.42 Å². The smallest absolute Gasteiger partial charge is 0.238 e. The molecule has 25 heavy (non-hydrogen) atoms. The molecule has 0 amide bonds. The number of nitrogens with two attached hydrogens (primary N) is 1. The lowest BCUT2D eigenvalue weighted by atomic mass is 10.2. The maximum absolute atomic E-state index is 11.4. The van der Waals surface area contributed by atoms with Crippen molar-refractivity contribution in [2.75, 3.05) is 7.05 Å². The van der Waals surface area contributed by atoms with Gasteiger partial charge in [0.05, 0.1) is 17.1 Å². The first-order chi connectivity index (χ1) is 11.3. The van der Waals surface area contributed by atoms with E-state index in [0.29, 0.717) is 19.0 Å². The zero-order valence-electron chi connectivity index (χ0n) is 14.2. The molecule has 2 rings (SSSR count). The van der Waals surface area contributed by atoms with Crippen LogP contribution in [0.15, 0.2) is 34.2 Å². The summed E-state index contributed by atoms with van der Waals surface area (Å²) >= 11 is 1.65. The fourth-order valence-corrected chi connectivity index (χ4v) is 3.47. The Morgan fingerprint density at radius 1 is 1.28 bits per heavy atom. The van der Waals surface area contributed by atoms with Crippen LogP contribution in [-0.4, -0.2) is 26.4 Å². The molecule has 1 aromatic carbocycles. The average Bonchev–Trinajstić information content (AvgIpc) is 2.85. The van der Waals surface area contributed by atoms with E-state index in [2.05, 4.69) is 20.6 Å². The molecule has 2 aromatic rings. The van der Waals surface area contributed by atoms with Gasteiger partial charge in [0.1, 0.15) is 5.01 Å². The number of halogens is 1. The molecule has 0 atom stereocenters. The quantitative estimate of drug-likeness (QED) is 0.334. The summed E-state index contributed by atoms with van der Waals surface area (Å²) in [6, 6.07) is 6.50. The van der Waals surface area contributed by atoms with Gasteiger partial charge >= 0.3 is 0 Å². The molecule has 0 radical (unpaired) electrons. The van der Waals surface area contributed by atoms with E-state index in [-0.39, 0.29) is 28.9 Å². The largest absolute Gasteiger partial charge is 0.352 e. The van der Waals surface area contributed by atoms with Gasteiger partial charge in [-0.1, -0.05) is 12.1 Å². The molecule has 0 spiro atoms. The molecule has 7 nitrogen and oxygen atoms in total. The number of nitrogens with zero attached hydrogens (tertiary/aromatic N) is 2. The predicted molar refractivity (Wildman–Crippen MR) is 112 cm³/mol. The Hall–Kier alpha value is -1.24. The maximum Gasteiger partial charge on any atom is 0.238 e. The van der Waals surface area contributed by atoms with Crippen molar-refractivity contribution < 1.29 is 8.42 Å². The number of hydrogen-bond donors (Lipinski definition) is 3. The molecule has 1 aromatic heterocycles. The maximum atomic E-state index is 11.4. The zero-order chi connectivity index (χ0) is 17.7. The first-order valence-electron chi connectivity index (χ1n) is 7.29. The van der Waals surface area contributed by atoms with Gasteiger partial charge in [0.25, 0.3) is 0 Å². The topological polar surface area (TPSA) is 109 Å². The lowest BCUT2D eigenvalue weighted by Crippen LogP contribution is -2.36. The molecule has 0 aliphatic heterocycles. The average molecular weight is 495 g/mol. The summed E-state index contributed by atoms with van der Waals surface area (Å²) in [6.07, 6.45) is 0. The lowest BCUT2D eigenvalue weighted by Gasteiger charge is -2.11.